The second-order valence-corrected chi connectivity index (χ2v) is 2.93. The van der Waals surface area contributed by atoms with E-state index in [2.05, 4.69) is 19.9 Å². The Morgan fingerprint density at radius 3 is 2.29 bits per heavy atom. The van der Waals surface area contributed by atoms with E-state index in [1.165, 1.54) is 18.5 Å². The van der Waals surface area contributed by atoms with Gasteiger partial charge in [0, 0.05) is 11.8 Å². The summed E-state index contributed by atoms with van der Waals surface area (Å²) in [6, 6.07) is 1.39. The van der Waals surface area contributed by atoms with Crippen LogP contribution in [0.25, 0.3) is 0 Å². The molecule has 2 rings (SSSR count). The van der Waals surface area contributed by atoms with Crippen LogP contribution in [0.15, 0.2) is 23.0 Å². The van der Waals surface area contributed by atoms with Crippen LogP contribution >= 0.6 is 0 Å². The highest BCUT2D eigenvalue weighted by Crippen LogP contribution is 2.02. The number of carbonyl (C=O) groups is 2. The lowest BCUT2D eigenvalue weighted by molar-refractivity contribution is 0.0676. The van der Waals surface area contributed by atoms with Gasteiger partial charge in [-0.05, 0) is 13.0 Å². The first-order valence-corrected chi connectivity index (χ1v) is 4.39. The summed E-state index contributed by atoms with van der Waals surface area (Å²) < 4.78 is 4.38. The van der Waals surface area contributed by atoms with Gasteiger partial charge in [-0.15, -0.1) is 0 Å². The Morgan fingerprint density at radius 1 is 1.35 bits per heavy atom. The minimum atomic E-state index is -1.05. The first-order valence-electron chi connectivity index (χ1n) is 4.39. The van der Waals surface area contributed by atoms with Gasteiger partial charge in [-0.25, -0.2) is 9.59 Å². The van der Waals surface area contributed by atoms with Crippen LogP contribution in [0.3, 0.4) is 0 Å². The molecule has 0 aliphatic heterocycles. The average Bonchev–Trinajstić information content (AvgIpc) is 2.87. The first-order chi connectivity index (χ1) is 8.02. The largest absolute Gasteiger partial charge is 0.477 e. The monoisotopic (exact) mass is 239 g/mol. The number of aromatic nitrogens is 3. The number of carboxylic acid groups (broad SMARTS) is 2. The van der Waals surface area contributed by atoms with E-state index in [1.54, 1.807) is 6.92 Å². The normalized spacial score (nSPS) is 9.24. The summed E-state index contributed by atoms with van der Waals surface area (Å²) in [5, 5.41) is 25.5. The summed E-state index contributed by atoms with van der Waals surface area (Å²) in [4.78, 5) is 20.2. The number of hydrogen-bond acceptors (Lipinski definition) is 5. The maximum Gasteiger partial charge on any atom is 0.358 e. The van der Waals surface area contributed by atoms with Crippen molar-refractivity contribution in [3.8, 4) is 0 Å². The molecule has 17 heavy (non-hydrogen) atoms. The van der Waals surface area contributed by atoms with E-state index < -0.39 is 11.9 Å². The van der Waals surface area contributed by atoms with Crippen molar-refractivity contribution in [3.63, 3.8) is 0 Å². The van der Waals surface area contributed by atoms with Crippen LogP contribution in [0.4, 0.5) is 0 Å². The van der Waals surface area contributed by atoms with Gasteiger partial charge in [-0.1, -0.05) is 5.16 Å². The molecule has 0 bridgehead atoms. The molecule has 8 heteroatoms. The molecule has 0 fully saturated rings. The fourth-order valence-electron chi connectivity index (χ4n) is 0.869. The molecule has 0 saturated heterocycles. The molecule has 90 valence electrons. The van der Waals surface area contributed by atoms with Crippen LogP contribution in [0.2, 0.25) is 0 Å². The molecule has 8 nitrogen and oxygen atoms in total. The number of aromatic amines is 1. The fraction of sp³-hybridized carbons (Fsp3) is 0.111. The van der Waals surface area contributed by atoms with E-state index >= 15 is 0 Å². The van der Waals surface area contributed by atoms with Crippen LogP contribution in [0.5, 0.6) is 0 Å². The Bertz CT molecular complexity index is 502. The molecule has 0 amide bonds. The lowest BCUT2D eigenvalue weighted by Gasteiger charge is -1.81. The lowest BCUT2D eigenvalue weighted by atomic mass is 10.3. The van der Waals surface area contributed by atoms with Gasteiger partial charge in [-0.2, -0.15) is 5.10 Å². The third kappa shape index (κ3) is 3.45. The third-order valence-electron chi connectivity index (χ3n) is 1.68. The molecule has 2 aromatic heterocycles. The highest BCUT2D eigenvalue weighted by molar-refractivity contribution is 5.86. The lowest BCUT2D eigenvalue weighted by Crippen LogP contribution is -1.97. The van der Waals surface area contributed by atoms with Gasteiger partial charge in [-0.3, -0.25) is 5.10 Å². The average molecular weight is 239 g/mol. The standard InChI is InChI=1S/C5H5NO3.C4H4N2O2/c1-3-2-9-6-4(3)5(7)8;7-4(8)3-1-2-5-6-3/h2H,1H3,(H,7,8);1-2H,(H,5,6)(H,7,8). The summed E-state index contributed by atoms with van der Waals surface area (Å²) >= 11 is 0. The number of aryl methyl sites for hydroxylation is 1. The quantitative estimate of drug-likeness (QED) is 0.706. The molecule has 2 heterocycles. The summed E-state index contributed by atoms with van der Waals surface area (Å²) in [6.07, 6.45) is 2.69. The van der Waals surface area contributed by atoms with E-state index in [0.717, 1.165) is 0 Å². The SMILES string of the molecule is Cc1conc1C(=O)O.O=C(O)c1ccn[nH]1. The van der Waals surface area contributed by atoms with E-state index in [9.17, 15) is 9.59 Å². The van der Waals surface area contributed by atoms with Crippen LogP contribution in [-0.2, 0) is 0 Å². The Labute approximate surface area is 94.9 Å². The molecule has 3 N–H and O–H groups in total. The van der Waals surface area contributed by atoms with E-state index in [1.807, 2.05) is 0 Å². The van der Waals surface area contributed by atoms with Crippen molar-refractivity contribution >= 4 is 11.9 Å². The molecule has 0 aliphatic rings. The van der Waals surface area contributed by atoms with Gasteiger partial charge in [0.15, 0.2) is 5.69 Å². The van der Waals surface area contributed by atoms with Crippen molar-refractivity contribution < 1.29 is 24.3 Å². The number of nitrogens with zero attached hydrogens (tertiary/aromatic N) is 2. The predicted octanol–water partition coefficient (Wildman–Crippen LogP) is 0.789. The van der Waals surface area contributed by atoms with Crippen LogP contribution < -0.4 is 0 Å². The van der Waals surface area contributed by atoms with Gasteiger partial charge in [0.2, 0.25) is 0 Å². The smallest absolute Gasteiger partial charge is 0.358 e. The third-order valence-corrected chi connectivity index (χ3v) is 1.68. The molecule has 0 spiro atoms. The summed E-state index contributed by atoms with van der Waals surface area (Å²) in [6.45, 7) is 1.62. The molecular formula is C9H9N3O5. The number of hydrogen-bond donors (Lipinski definition) is 3. The molecule has 0 aromatic carbocycles. The zero-order valence-corrected chi connectivity index (χ0v) is 8.75. The second kappa shape index (κ2) is 5.45. The molecule has 0 saturated carbocycles. The molecule has 0 radical (unpaired) electrons. The van der Waals surface area contributed by atoms with Crippen molar-refractivity contribution in [3.05, 3.63) is 35.5 Å². The van der Waals surface area contributed by atoms with Gasteiger partial charge in [0.25, 0.3) is 0 Å². The van der Waals surface area contributed by atoms with Crippen molar-refractivity contribution in [2.75, 3.05) is 0 Å². The number of carboxylic acids is 2. The summed E-state index contributed by atoms with van der Waals surface area (Å²) in [5.74, 6) is -2.04. The zero-order chi connectivity index (χ0) is 12.8. The van der Waals surface area contributed by atoms with Crippen molar-refractivity contribution in [2.24, 2.45) is 0 Å². The minimum absolute atomic E-state index is 0.0185. The maximum atomic E-state index is 10.2. The van der Waals surface area contributed by atoms with E-state index in [-0.39, 0.29) is 11.4 Å². The van der Waals surface area contributed by atoms with Crippen LogP contribution in [0.1, 0.15) is 26.5 Å². The minimum Gasteiger partial charge on any atom is -0.477 e. The van der Waals surface area contributed by atoms with Crippen molar-refractivity contribution in [2.45, 2.75) is 6.92 Å². The van der Waals surface area contributed by atoms with Gasteiger partial charge < -0.3 is 14.7 Å². The Hall–Kier alpha value is -2.64. The highest BCUT2D eigenvalue weighted by atomic mass is 16.5. The number of H-pyrrole nitrogens is 1. The molecule has 0 unspecified atom stereocenters. The molecule has 0 aliphatic carbocycles. The van der Waals surface area contributed by atoms with Crippen LogP contribution in [-0.4, -0.2) is 37.5 Å². The Morgan fingerprint density at radius 2 is 2.06 bits per heavy atom. The topological polar surface area (TPSA) is 129 Å². The Kier molecular flexibility index (Phi) is 3.98. The van der Waals surface area contributed by atoms with Gasteiger partial charge >= 0.3 is 11.9 Å². The van der Waals surface area contributed by atoms with E-state index in [0.29, 0.717) is 5.56 Å². The van der Waals surface area contributed by atoms with Crippen molar-refractivity contribution in [1.82, 2.24) is 15.4 Å². The predicted molar refractivity (Wildman–Crippen MR) is 53.7 cm³/mol. The molecule has 0 atom stereocenters. The molecule has 2 aromatic rings. The van der Waals surface area contributed by atoms with Gasteiger partial charge in [0.05, 0.1) is 0 Å². The maximum absolute atomic E-state index is 10.2. The zero-order valence-electron chi connectivity index (χ0n) is 8.75. The number of rotatable bonds is 2. The summed E-state index contributed by atoms with van der Waals surface area (Å²) in [5.41, 5.74) is 0.641. The Balaban J connectivity index is 0.000000171. The number of aromatic carboxylic acids is 2. The first kappa shape index (κ1) is 12.4. The van der Waals surface area contributed by atoms with Crippen LogP contribution in [0, 0.1) is 6.92 Å². The second-order valence-electron chi connectivity index (χ2n) is 2.93. The van der Waals surface area contributed by atoms with E-state index in [4.69, 9.17) is 10.2 Å². The fourth-order valence-corrected chi connectivity index (χ4v) is 0.869. The highest BCUT2D eigenvalue weighted by Gasteiger charge is 2.09. The van der Waals surface area contributed by atoms with Gasteiger partial charge in [0.1, 0.15) is 12.0 Å². The summed E-state index contributed by atoms with van der Waals surface area (Å²) in [7, 11) is 0. The van der Waals surface area contributed by atoms with Crippen molar-refractivity contribution in [1.29, 1.82) is 0 Å². The number of nitrogens with one attached hydrogen (secondary N) is 1. The molecular weight excluding hydrogens is 230 g/mol.